The summed E-state index contributed by atoms with van der Waals surface area (Å²) in [6.45, 7) is 5.44. The highest BCUT2D eigenvalue weighted by atomic mass is 16.3. The Hall–Kier alpha value is -1.35. The number of hydrogen-bond acceptors (Lipinski definition) is 3. The van der Waals surface area contributed by atoms with E-state index in [2.05, 4.69) is 0 Å². The maximum atomic E-state index is 11.9. The molecule has 0 heterocycles. The smallest absolute Gasteiger partial charge is 0.171 e. The molecule has 0 spiro atoms. The van der Waals surface area contributed by atoms with Crippen LogP contribution in [0, 0.1) is 5.41 Å². The highest BCUT2D eigenvalue weighted by molar-refractivity contribution is 5.88. The number of ketones is 1. The number of benzene rings is 1. The lowest BCUT2D eigenvalue weighted by Gasteiger charge is -2.21. The zero-order valence-electron chi connectivity index (χ0n) is 11.2. The lowest BCUT2D eigenvalue weighted by atomic mass is 9.85. The molecule has 3 heteroatoms. The maximum Gasteiger partial charge on any atom is 0.171 e. The van der Waals surface area contributed by atoms with Gasteiger partial charge in [-0.3, -0.25) is 4.79 Å². The van der Waals surface area contributed by atoms with Gasteiger partial charge in [-0.05, 0) is 17.7 Å². The Balaban J connectivity index is 2.91. The second-order valence-electron chi connectivity index (χ2n) is 5.50. The number of aliphatic hydroxyl groups excluding tert-OH is 1. The fraction of sp³-hybridized carbons (Fsp3) is 0.500. The van der Waals surface area contributed by atoms with Gasteiger partial charge in [0.15, 0.2) is 5.78 Å². The van der Waals surface area contributed by atoms with Crippen molar-refractivity contribution in [2.75, 3.05) is 19.0 Å². The van der Waals surface area contributed by atoms with Crippen LogP contribution in [0.4, 0.5) is 5.69 Å². The molecule has 0 aliphatic rings. The predicted octanol–water partition coefficient (Wildman–Crippen LogP) is 2.40. The van der Waals surface area contributed by atoms with Gasteiger partial charge < -0.3 is 10.0 Å². The molecular formula is C14H21NO2. The van der Waals surface area contributed by atoms with E-state index in [0.717, 1.165) is 5.69 Å². The Morgan fingerprint density at radius 1 is 1.18 bits per heavy atom. The van der Waals surface area contributed by atoms with Gasteiger partial charge in [0.25, 0.3) is 0 Å². The van der Waals surface area contributed by atoms with Gasteiger partial charge in [-0.2, -0.15) is 0 Å². The first-order valence-corrected chi connectivity index (χ1v) is 5.73. The summed E-state index contributed by atoms with van der Waals surface area (Å²) in [6.07, 6.45) is -1.04. The zero-order chi connectivity index (χ0) is 13.2. The van der Waals surface area contributed by atoms with Crippen molar-refractivity contribution in [1.82, 2.24) is 0 Å². The lowest BCUT2D eigenvalue weighted by Crippen LogP contribution is -2.26. The van der Waals surface area contributed by atoms with Gasteiger partial charge in [0.1, 0.15) is 6.10 Å². The molecule has 0 radical (unpaired) electrons. The minimum absolute atomic E-state index is 0.157. The van der Waals surface area contributed by atoms with Crippen LogP contribution in [0.2, 0.25) is 0 Å². The first-order valence-electron chi connectivity index (χ1n) is 5.73. The van der Waals surface area contributed by atoms with Gasteiger partial charge in [-0.15, -0.1) is 0 Å². The van der Waals surface area contributed by atoms with E-state index in [0.29, 0.717) is 5.56 Å². The molecule has 1 aromatic carbocycles. The number of rotatable bonds is 3. The molecule has 0 saturated carbocycles. The van der Waals surface area contributed by atoms with E-state index in [1.165, 1.54) is 0 Å². The van der Waals surface area contributed by atoms with Crippen LogP contribution in [-0.2, 0) is 4.79 Å². The Morgan fingerprint density at radius 3 is 2.00 bits per heavy atom. The summed E-state index contributed by atoms with van der Waals surface area (Å²) in [5, 5.41) is 9.99. The predicted molar refractivity (Wildman–Crippen MR) is 70.2 cm³/mol. The van der Waals surface area contributed by atoms with E-state index in [1.807, 2.05) is 51.9 Å². The van der Waals surface area contributed by atoms with Crippen LogP contribution < -0.4 is 4.90 Å². The van der Waals surface area contributed by atoms with Gasteiger partial charge in [0, 0.05) is 25.2 Å². The average Bonchev–Trinajstić information content (AvgIpc) is 2.26. The van der Waals surface area contributed by atoms with Crippen LogP contribution in [0.1, 0.15) is 32.4 Å². The van der Waals surface area contributed by atoms with Crippen LogP contribution in [0.3, 0.4) is 0 Å². The van der Waals surface area contributed by atoms with E-state index in [9.17, 15) is 9.90 Å². The summed E-state index contributed by atoms with van der Waals surface area (Å²) in [5.41, 5.74) is 1.17. The molecule has 1 atom stereocenters. The van der Waals surface area contributed by atoms with Crippen LogP contribution in [0.25, 0.3) is 0 Å². The molecule has 0 amide bonds. The van der Waals surface area contributed by atoms with Gasteiger partial charge in [-0.1, -0.05) is 32.9 Å². The van der Waals surface area contributed by atoms with E-state index in [1.54, 1.807) is 12.1 Å². The quantitative estimate of drug-likeness (QED) is 0.874. The van der Waals surface area contributed by atoms with Crippen molar-refractivity contribution in [3.63, 3.8) is 0 Å². The molecule has 17 heavy (non-hydrogen) atoms. The summed E-state index contributed by atoms with van der Waals surface area (Å²) in [6, 6.07) is 7.39. The molecule has 0 aliphatic carbocycles. The molecule has 0 aliphatic heterocycles. The first-order chi connectivity index (χ1) is 7.73. The standard InChI is InChI=1S/C14H21NO2/c1-14(2,3)13(17)12(16)10-6-8-11(9-7-10)15(4)5/h6-9,12,16H,1-5H3. The van der Waals surface area contributed by atoms with E-state index >= 15 is 0 Å². The minimum Gasteiger partial charge on any atom is -0.381 e. The Bertz CT molecular complexity index is 388. The second-order valence-corrected chi connectivity index (χ2v) is 5.50. The number of nitrogens with zero attached hydrogens (tertiary/aromatic N) is 1. The molecule has 1 N–H and O–H groups in total. The topological polar surface area (TPSA) is 40.5 Å². The summed E-state index contributed by atoms with van der Waals surface area (Å²) in [4.78, 5) is 13.9. The third-order valence-corrected chi connectivity index (χ3v) is 2.71. The zero-order valence-corrected chi connectivity index (χ0v) is 11.2. The van der Waals surface area contributed by atoms with Crippen molar-refractivity contribution in [2.24, 2.45) is 5.41 Å². The molecule has 1 unspecified atom stereocenters. The van der Waals surface area contributed by atoms with Crippen LogP contribution in [0.5, 0.6) is 0 Å². The summed E-state index contributed by atoms with van der Waals surface area (Å²) >= 11 is 0. The van der Waals surface area contributed by atoms with Crippen molar-refractivity contribution >= 4 is 11.5 Å². The SMILES string of the molecule is CN(C)c1ccc(C(O)C(=O)C(C)(C)C)cc1. The molecule has 0 bridgehead atoms. The average molecular weight is 235 g/mol. The number of carbonyl (C=O) groups is 1. The Labute approximate surface area is 103 Å². The molecule has 0 fully saturated rings. The van der Waals surface area contributed by atoms with Crippen molar-refractivity contribution in [1.29, 1.82) is 0 Å². The molecule has 0 aromatic heterocycles. The van der Waals surface area contributed by atoms with Crippen LogP contribution in [-0.4, -0.2) is 25.0 Å². The lowest BCUT2D eigenvalue weighted by molar-refractivity contribution is -0.135. The first kappa shape index (κ1) is 13.7. The second kappa shape index (κ2) is 4.88. The van der Waals surface area contributed by atoms with E-state index in [4.69, 9.17) is 0 Å². The molecule has 3 nitrogen and oxygen atoms in total. The van der Waals surface area contributed by atoms with Crippen LogP contribution in [0.15, 0.2) is 24.3 Å². The monoisotopic (exact) mass is 235 g/mol. The third kappa shape index (κ3) is 3.30. The highest BCUT2D eigenvalue weighted by Crippen LogP contribution is 2.26. The number of carbonyl (C=O) groups excluding carboxylic acids is 1. The highest BCUT2D eigenvalue weighted by Gasteiger charge is 2.29. The van der Waals surface area contributed by atoms with E-state index in [-0.39, 0.29) is 5.78 Å². The maximum absolute atomic E-state index is 11.9. The molecular weight excluding hydrogens is 214 g/mol. The number of aliphatic hydroxyl groups is 1. The third-order valence-electron chi connectivity index (χ3n) is 2.71. The van der Waals surface area contributed by atoms with Gasteiger partial charge >= 0.3 is 0 Å². The minimum atomic E-state index is -1.04. The fourth-order valence-corrected chi connectivity index (χ4v) is 1.52. The number of anilines is 1. The van der Waals surface area contributed by atoms with Crippen molar-refractivity contribution in [3.8, 4) is 0 Å². The summed E-state index contributed by atoms with van der Waals surface area (Å²) in [7, 11) is 3.90. The van der Waals surface area contributed by atoms with E-state index < -0.39 is 11.5 Å². The Kier molecular flexibility index (Phi) is 3.94. The van der Waals surface area contributed by atoms with Gasteiger partial charge in [0.2, 0.25) is 0 Å². The number of hydrogen-bond donors (Lipinski definition) is 1. The molecule has 0 saturated heterocycles. The molecule has 94 valence electrons. The van der Waals surface area contributed by atoms with Crippen molar-refractivity contribution < 1.29 is 9.90 Å². The van der Waals surface area contributed by atoms with Crippen molar-refractivity contribution in [2.45, 2.75) is 26.9 Å². The molecule has 1 rings (SSSR count). The number of Topliss-reactive ketones (excluding diaryl/α,β-unsaturated/α-hetero) is 1. The summed E-state index contributed by atoms with van der Waals surface area (Å²) in [5.74, 6) is -0.157. The molecule has 1 aromatic rings. The fourth-order valence-electron chi connectivity index (χ4n) is 1.52. The van der Waals surface area contributed by atoms with Crippen molar-refractivity contribution in [3.05, 3.63) is 29.8 Å². The Morgan fingerprint density at radius 2 is 1.65 bits per heavy atom. The largest absolute Gasteiger partial charge is 0.381 e. The van der Waals surface area contributed by atoms with Gasteiger partial charge in [-0.25, -0.2) is 0 Å². The van der Waals surface area contributed by atoms with Gasteiger partial charge in [0.05, 0.1) is 0 Å². The normalized spacial score (nSPS) is 13.3. The summed E-state index contributed by atoms with van der Waals surface area (Å²) < 4.78 is 0. The van der Waals surface area contributed by atoms with Crippen LogP contribution >= 0.6 is 0 Å².